The van der Waals surface area contributed by atoms with Gasteiger partial charge in [0.05, 0.1) is 6.61 Å². The molecule has 1 aliphatic rings. The van der Waals surface area contributed by atoms with Gasteiger partial charge in [-0.15, -0.1) is 0 Å². The predicted octanol–water partition coefficient (Wildman–Crippen LogP) is 1.77. The molecule has 0 radical (unpaired) electrons. The Balaban J connectivity index is 1.77. The van der Waals surface area contributed by atoms with Crippen LogP contribution in [-0.4, -0.2) is 47.7 Å². The Morgan fingerprint density at radius 1 is 1.50 bits per heavy atom. The van der Waals surface area contributed by atoms with Gasteiger partial charge >= 0.3 is 0 Å². The molecule has 0 amide bonds. The van der Waals surface area contributed by atoms with Gasteiger partial charge in [-0.3, -0.25) is 0 Å². The lowest BCUT2D eigenvalue weighted by molar-refractivity contribution is 0.228. The summed E-state index contributed by atoms with van der Waals surface area (Å²) >= 11 is 0. The standard InChI is InChI=1S/C13H22N4O/c1-3-14-12-9-13(16-10-15-12)18-8-6-11-5-4-7-17(11)2/h9-11H,3-8H2,1-2H3,(H,14,15,16). The maximum absolute atomic E-state index is 5.69. The van der Waals surface area contributed by atoms with Crippen molar-refractivity contribution in [1.29, 1.82) is 0 Å². The highest BCUT2D eigenvalue weighted by atomic mass is 16.5. The molecule has 100 valence electrons. The van der Waals surface area contributed by atoms with Crippen molar-refractivity contribution in [1.82, 2.24) is 14.9 Å². The SMILES string of the molecule is CCNc1cc(OCCC2CCCN2C)ncn1. The Morgan fingerprint density at radius 3 is 3.11 bits per heavy atom. The van der Waals surface area contributed by atoms with E-state index in [0.29, 0.717) is 11.9 Å². The quantitative estimate of drug-likeness (QED) is 0.834. The second kappa shape index (κ2) is 6.54. The molecule has 0 aromatic carbocycles. The molecule has 0 spiro atoms. The molecule has 1 fully saturated rings. The fourth-order valence-corrected chi connectivity index (χ4v) is 2.34. The van der Waals surface area contributed by atoms with Crippen LogP contribution < -0.4 is 10.1 Å². The first-order valence-corrected chi connectivity index (χ1v) is 6.68. The van der Waals surface area contributed by atoms with Gasteiger partial charge in [0, 0.05) is 18.7 Å². The van der Waals surface area contributed by atoms with Crippen molar-refractivity contribution in [2.75, 3.05) is 32.1 Å². The number of aromatic nitrogens is 2. The minimum absolute atomic E-state index is 0.654. The lowest BCUT2D eigenvalue weighted by atomic mass is 10.1. The average Bonchev–Trinajstić information content (AvgIpc) is 2.76. The third-order valence-electron chi connectivity index (χ3n) is 3.37. The molecule has 1 aromatic heterocycles. The summed E-state index contributed by atoms with van der Waals surface area (Å²) < 4.78 is 5.69. The van der Waals surface area contributed by atoms with E-state index in [0.717, 1.165) is 25.4 Å². The smallest absolute Gasteiger partial charge is 0.218 e. The van der Waals surface area contributed by atoms with E-state index in [-0.39, 0.29) is 0 Å². The number of hydrogen-bond donors (Lipinski definition) is 1. The van der Waals surface area contributed by atoms with Crippen molar-refractivity contribution in [3.63, 3.8) is 0 Å². The third-order valence-corrected chi connectivity index (χ3v) is 3.37. The topological polar surface area (TPSA) is 50.3 Å². The van der Waals surface area contributed by atoms with Crippen LogP contribution in [0.4, 0.5) is 5.82 Å². The lowest BCUT2D eigenvalue weighted by Gasteiger charge is -2.19. The van der Waals surface area contributed by atoms with Gasteiger partial charge in [0.1, 0.15) is 12.1 Å². The van der Waals surface area contributed by atoms with Crippen LogP contribution in [0.3, 0.4) is 0 Å². The maximum atomic E-state index is 5.69. The number of nitrogens with one attached hydrogen (secondary N) is 1. The summed E-state index contributed by atoms with van der Waals surface area (Å²) in [5.74, 6) is 1.47. The first-order valence-electron chi connectivity index (χ1n) is 6.68. The second-order valence-electron chi connectivity index (χ2n) is 4.69. The summed E-state index contributed by atoms with van der Waals surface area (Å²) in [4.78, 5) is 10.6. The Hall–Kier alpha value is -1.36. The van der Waals surface area contributed by atoms with Crippen LogP contribution in [0, 0.1) is 0 Å². The summed E-state index contributed by atoms with van der Waals surface area (Å²) in [7, 11) is 2.19. The summed E-state index contributed by atoms with van der Waals surface area (Å²) in [5, 5.41) is 3.15. The highest BCUT2D eigenvalue weighted by Gasteiger charge is 2.20. The van der Waals surface area contributed by atoms with Crippen LogP contribution in [0.25, 0.3) is 0 Å². The molecule has 2 rings (SSSR count). The molecule has 2 heterocycles. The summed E-state index contributed by atoms with van der Waals surface area (Å²) in [6.45, 7) is 4.82. The maximum Gasteiger partial charge on any atom is 0.218 e. The van der Waals surface area contributed by atoms with Gasteiger partial charge < -0.3 is 15.0 Å². The zero-order valence-electron chi connectivity index (χ0n) is 11.2. The van der Waals surface area contributed by atoms with Gasteiger partial charge in [0.15, 0.2) is 0 Å². The van der Waals surface area contributed by atoms with Gasteiger partial charge in [0.25, 0.3) is 0 Å². The van der Waals surface area contributed by atoms with Crippen LogP contribution in [-0.2, 0) is 0 Å². The van der Waals surface area contributed by atoms with Gasteiger partial charge in [-0.25, -0.2) is 9.97 Å². The van der Waals surface area contributed by atoms with Crippen molar-refractivity contribution in [3.8, 4) is 5.88 Å². The summed E-state index contributed by atoms with van der Waals surface area (Å²) in [6, 6.07) is 2.52. The van der Waals surface area contributed by atoms with Crippen LogP contribution in [0.15, 0.2) is 12.4 Å². The molecular formula is C13H22N4O. The van der Waals surface area contributed by atoms with E-state index in [9.17, 15) is 0 Å². The first-order chi connectivity index (χ1) is 8.79. The molecule has 0 saturated carbocycles. The number of rotatable bonds is 6. The van der Waals surface area contributed by atoms with E-state index < -0.39 is 0 Å². The van der Waals surface area contributed by atoms with E-state index >= 15 is 0 Å². The monoisotopic (exact) mass is 250 g/mol. The van der Waals surface area contributed by atoms with Crippen LogP contribution in [0.2, 0.25) is 0 Å². The molecular weight excluding hydrogens is 228 g/mol. The number of ether oxygens (including phenoxy) is 1. The molecule has 1 unspecified atom stereocenters. The van der Waals surface area contributed by atoms with Gasteiger partial charge in [-0.1, -0.05) is 0 Å². The minimum Gasteiger partial charge on any atom is -0.477 e. The number of nitrogens with zero attached hydrogens (tertiary/aromatic N) is 3. The molecule has 1 aliphatic heterocycles. The molecule has 5 nitrogen and oxygen atoms in total. The van der Waals surface area contributed by atoms with Crippen molar-refractivity contribution in [3.05, 3.63) is 12.4 Å². The molecule has 1 aromatic rings. The molecule has 5 heteroatoms. The van der Waals surface area contributed by atoms with E-state index in [4.69, 9.17) is 4.74 Å². The average molecular weight is 250 g/mol. The zero-order valence-corrected chi connectivity index (χ0v) is 11.2. The number of likely N-dealkylation sites (tertiary alicyclic amines) is 1. The highest BCUT2D eigenvalue weighted by molar-refractivity contribution is 5.36. The molecule has 1 saturated heterocycles. The normalized spacial score (nSPS) is 20.0. The van der Waals surface area contributed by atoms with Gasteiger partial charge in [0.2, 0.25) is 5.88 Å². The minimum atomic E-state index is 0.654. The van der Waals surface area contributed by atoms with Crippen molar-refractivity contribution < 1.29 is 4.74 Å². The zero-order chi connectivity index (χ0) is 12.8. The molecule has 1 N–H and O–H groups in total. The van der Waals surface area contributed by atoms with Crippen LogP contribution in [0.5, 0.6) is 5.88 Å². The first kappa shape index (κ1) is 13.1. The molecule has 18 heavy (non-hydrogen) atoms. The third kappa shape index (κ3) is 3.57. The molecule has 0 bridgehead atoms. The second-order valence-corrected chi connectivity index (χ2v) is 4.69. The van der Waals surface area contributed by atoms with Gasteiger partial charge in [-0.05, 0) is 39.8 Å². The summed E-state index contributed by atoms with van der Waals surface area (Å²) in [5.41, 5.74) is 0. The predicted molar refractivity (Wildman–Crippen MR) is 72.0 cm³/mol. The van der Waals surface area contributed by atoms with Crippen molar-refractivity contribution in [2.24, 2.45) is 0 Å². The van der Waals surface area contributed by atoms with E-state index in [1.54, 1.807) is 0 Å². The highest BCUT2D eigenvalue weighted by Crippen LogP contribution is 2.18. The Labute approximate surface area is 109 Å². The van der Waals surface area contributed by atoms with E-state index in [1.165, 1.54) is 25.7 Å². The van der Waals surface area contributed by atoms with Gasteiger partial charge in [-0.2, -0.15) is 0 Å². The van der Waals surface area contributed by atoms with Crippen molar-refractivity contribution in [2.45, 2.75) is 32.2 Å². The molecule has 0 aliphatic carbocycles. The fourth-order valence-electron chi connectivity index (χ4n) is 2.34. The van der Waals surface area contributed by atoms with Crippen LogP contribution in [0.1, 0.15) is 26.2 Å². The Morgan fingerprint density at radius 2 is 2.39 bits per heavy atom. The fraction of sp³-hybridized carbons (Fsp3) is 0.692. The van der Waals surface area contributed by atoms with E-state index in [2.05, 4.69) is 27.2 Å². The lowest BCUT2D eigenvalue weighted by Crippen LogP contribution is -2.26. The molecule has 1 atom stereocenters. The Kier molecular flexibility index (Phi) is 4.75. The van der Waals surface area contributed by atoms with Crippen LogP contribution >= 0.6 is 0 Å². The van der Waals surface area contributed by atoms with E-state index in [1.807, 2.05) is 13.0 Å². The largest absolute Gasteiger partial charge is 0.477 e. The summed E-state index contributed by atoms with van der Waals surface area (Å²) in [6.07, 6.45) is 5.19. The number of anilines is 1. The Bertz CT molecular complexity index is 372. The van der Waals surface area contributed by atoms with Crippen molar-refractivity contribution >= 4 is 5.82 Å². The number of hydrogen-bond acceptors (Lipinski definition) is 5.